The lowest BCUT2D eigenvalue weighted by Gasteiger charge is -2.04. The summed E-state index contributed by atoms with van der Waals surface area (Å²) in [4.78, 5) is 4.39. The molecule has 0 radical (unpaired) electrons. The molecule has 4 heteroatoms. The Morgan fingerprint density at radius 2 is 2.46 bits per heavy atom. The molecule has 1 aromatic heterocycles. The monoisotopic (exact) mass is 200 g/mol. The number of methoxy groups -OCH3 is 1. The summed E-state index contributed by atoms with van der Waals surface area (Å²) in [7, 11) is 1.67. The maximum Gasteiger partial charge on any atom is 0.110 e. The van der Waals surface area contributed by atoms with E-state index in [1.807, 2.05) is 5.38 Å². The molecule has 1 aromatic rings. The molecule has 0 amide bonds. The van der Waals surface area contributed by atoms with Gasteiger partial charge in [0.15, 0.2) is 0 Å². The molecule has 0 aliphatic carbocycles. The molecule has 2 N–H and O–H groups in total. The van der Waals surface area contributed by atoms with Crippen molar-refractivity contribution in [2.75, 3.05) is 7.11 Å². The van der Waals surface area contributed by atoms with Gasteiger partial charge in [-0.2, -0.15) is 0 Å². The number of rotatable bonds is 5. The first-order valence-electron chi connectivity index (χ1n) is 4.46. The molecule has 1 unspecified atom stereocenters. The number of hydrogen-bond acceptors (Lipinski definition) is 4. The average molecular weight is 200 g/mol. The molecule has 0 saturated carbocycles. The molecule has 1 atom stereocenters. The first-order chi connectivity index (χ1) is 6.27. The smallest absolute Gasteiger partial charge is 0.110 e. The van der Waals surface area contributed by atoms with Crippen LogP contribution in [0.25, 0.3) is 0 Å². The Hall–Kier alpha value is -0.450. The molecule has 0 aliphatic heterocycles. The number of ether oxygens (including phenoxy) is 1. The summed E-state index contributed by atoms with van der Waals surface area (Å²) < 4.78 is 4.98. The van der Waals surface area contributed by atoms with Gasteiger partial charge in [-0.3, -0.25) is 0 Å². The Morgan fingerprint density at radius 1 is 1.69 bits per heavy atom. The van der Waals surface area contributed by atoms with Gasteiger partial charge in [0.25, 0.3) is 0 Å². The van der Waals surface area contributed by atoms with Crippen LogP contribution in [0.1, 0.15) is 36.5 Å². The van der Waals surface area contributed by atoms with E-state index in [1.165, 1.54) is 0 Å². The molecule has 74 valence electrons. The van der Waals surface area contributed by atoms with Crippen LogP contribution in [0, 0.1) is 0 Å². The molecule has 3 nitrogen and oxygen atoms in total. The fraction of sp³-hybridized carbons (Fsp3) is 0.667. The standard InChI is InChI=1S/C9H16N2OS/c1-3-4-8(10)9-11-7(5-12-2)6-13-9/h6,8H,3-5,10H2,1-2H3. The predicted molar refractivity (Wildman–Crippen MR) is 54.7 cm³/mol. The van der Waals surface area contributed by atoms with E-state index in [1.54, 1.807) is 18.4 Å². The molecule has 0 fully saturated rings. The zero-order valence-corrected chi connectivity index (χ0v) is 8.93. The summed E-state index contributed by atoms with van der Waals surface area (Å²) in [5.74, 6) is 0. The van der Waals surface area contributed by atoms with Gasteiger partial charge in [0.2, 0.25) is 0 Å². The van der Waals surface area contributed by atoms with Crippen LogP contribution in [0.15, 0.2) is 5.38 Å². The summed E-state index contributed by atoms with van der Waals surface area (Å²) in [6.45, 7) is 2.71. The van der Waals surface area contributed by atoms with E-state index in [0.29, 0.717) is 6.61 Å². The molecule has 0 aromatic carbocycles. The van der Waals surface area contributed by atoms with Crippen LogP contribution < -0.4 is 5.73 Å². The third-order valence-electron chi connectivity index (χ3n) is 1.78. The van der Waals surface area contributed by atoms with Crippen LogP contribution in [0.5, 0.6) is 0 Å². The minimum Gasteiger partial charge on any atom is -0.378 e. The lowest BCUT2D eigenvalue weighted by molar-refractivity contribution is 0.182. The number of nitrogens with zero attached hydrogens (tertiary/aromatic N) is 1. The van der Waals surface area contributed by atoms with Crippen LogP contribution in [-0.2, 0) is 11.3 Å². The van der Waals surface area contributed by atoms with E-state index < -0.39 is 0 Å². The lowest BCUT2D eigenvalue weighted by atomic mass is 10.2. The topological polar surface area (TPSA) is 48.1 Å². The maximum absolute atomic E-state index is 5.92. The van der Waals surface area contributed by atoms with E-state index >= 15 is 0 Å². The number of thiazole rings is 1. The summed E-state index contributed by atoms with van der Waals surface area (Å²) in [6, 6.07) is 0.0978. The average Bonchev–Trinajstić information content (AvgIpc) is 2.54. The van der Waals surface area contributed by atoms with Crippen LogP contribution >= 0.6 is 11.3 Å². The minimum atomic E-state index is 0.0978. The highest BCUT2D eigenvalue weighted by Crippen LogP contribution is 2.20. The van der Waals surface area contributed by atoms with Crippen molar-refractivity contribution in [1.29, 1.82) is 0 Å². The van der Waals surface area contributed by atoms with Gasteiger partial charge in [-0.15, -0.1) is 11.3 Å². The van der Waals surface area contributed by atoms with Crippen molar-refractivity contribution in [1.82, 2.24) is 4.98 Å². The molecule has 0 bridgehead atoms. The largest absolute Gasteiger partial charge is 0.378 e. The lowest BCUT2D eigenvalue weighted by Crippen LogP contribution is -2.09. The Bertz CT molecular complexity index is 250. The Balaban J connectivity index is 2.56. The van der Waals surface area contributed by atoms with Gasteiger partial charge >= 0.3 is 0 Å². The molecular formula is C9H16N2OS. The van der Waals surface area contributed by atoms with Gasteiger partial charge in [-0.05, 0) is 6.42 Å². The first-order valence-corrected chi connectivity index (χ1v) is 5.34. The third kappa shape index (κ3) is 3.06. The van der Waals surface area contributed by atoms with Crippen molar-refractivity contribution in [3.05, 3.63) is 16.1 Å². The number of nitrogens with two attached hydrogens (primary N) is 1. The SMILES string of the molecule is CCCC(N)c1nc(COC)cs1. The second-order valence-electron chi connectivity index (χ2n) is 3.01. The summed E-state index contributed by atoms with van der Waals surface area (Å²) in [6.07, 6.45) is 2.10. The number of aromatic nitrogens is 1. The maximum atomic E-state index is 5.92. The second kappa shape index (κ2) is 5.32. The van der Waals surface area contributed by atoms with Gasteiger partial charge in [0.1, 0.15) is 5.01 Å². The van der Waals surface area contributed by atoms with Crippen molar-refractivity contribution in [2.45, 2.75) is 32.4 Å². The molecule has 1 heterocycles. The van der Waals surface area contributed by atoms with E-state index in [9.17, 15) is 0 Å². The van der Waals surface area contributed by atoms with Gasteiger partial charge in [-0.1, -0.05) is 13.3 Å². The van der Waals surface area contributed by atoms with Gasteiger partial charge < -0.3 is 10.5 Å². The van der Waals surface area contributed by atoms with Crippen molar-refractivity contribution >= 4 is 11.3 Å². The van der Waals surface area contributed by atoms with Gasteiger partial charge in [0.05, 0.1) is 18.3 Å². The van der Waals surface area contributed by atoms with Crippen LogP contribution in [0.3, 0.4) is 0 Å². The zero-order chi connectivity index (χ0) is 9.68. The summed E-state index contributed by atoms with van der Waals surface area (Å²) >= 11 is 1.62. The Morgan fingerprint density at radius 3 is 3.08 bits per heavy atom. The molecule has 1 rings (SSSR count). The van der Waals surface area contributed by atoms with Crippen molar-refractivity contribution in [3.8, 4) is 0 Å². The van der Waals surface area contributed by atoms with Crippen molar-refractivity contribution in [2.24, 2.45) is 5.73 Å². The van der Waals surface area contributed by atoms with Gasteiger partial charge in [-0.25, -0.2) is 4.98 Å². The van der Waals surface area contributed by atoms with Crippen molar-refractivity contribution < 1.29 is 4.74 Å². The predicted octanol–water partition coefficient (Wildman–Crippen LogP) is 2.09. The minimum absolute atomic E-state index is 0.0978. The van der Waals surface area contributed by atoms with Crippen LogP contribution in [0.4, 0.5) is 0 Å². The normalized spacial score (nSPS) is 13.2. The third-order valence-corrected chi connectivity index (χ3v) is 2.80. The van der Waals surface area contributed by atoms with Crippen LogP contribution in [0.2, 0.25) is 0 Å². The van der Waals surface area contributed by atoms with E-state index in [4.69, 9.17) is 10.5 Å². The molecule has 0 spiro atoms. The molecular weight excluding hydrogens is 184 g/mol. The Labute approximate surface area is 82.9 Å². The molecule has 13 heavy (non-hydrogen) atoms. The quantitative estimate of drug-likeness (QED) is 0.791. The van der Waals surface area contributed by atoms with E-state index in [-0.39, 0.29) is 6.04 Å². The molecule has 0 aliphatic rings. The van der Waals surface area contributed by atoms with E-state index in [2.05, 4.69) is 11.9 Å². The van der Waals surface area contributed by atoms with Crippen molar-refractivity contribution in [3.63, 3.8) is 0 Å². The zero-order valence-electron chi connectivity index (χ0n) is 8.12. The fourth-order valence-electron chi connectivity index (χ4n) is 1.14. The summed E-state index contributed by atoms with van der Waals surface area (Å²) in [5, 5.41) is 3.03. The number of hydrogen-bond donors (Lipinski definition) is 1. The molecule has 0 saturated heterocycles. The van der Waals surface area contributed by atoms with Crippen LogP contribution in [-0.4, -0.2) is 12.1 Å². The Kier molecular flexibility index (Phi) is 4.35. The highest BCUT2D eigenvalue weighted by Gasteiger charge is 2.09. The van der Waals surface area contributed by atoms with Gasteiger partial charge in [0, 0.05) is 12.5 Å². The highest BCUT2D eigenvalue weighted by atomic mass is 32.1. The summed E-state index contributed by atoms with van der Waals surface area (Å²) in [5.41, 5.74) is 6.90. The first kappa shape index (κ1) is 10.6. The highest BCUT2D eigenvalue weighted by molar-refractivity contribution is 7.09. The fourth-order valence-corrected chi connectivity index (χ4v) is 1.98. The second-order valence-corrected chi connectivity index (χ2v) is 3.89. The van der Waals surface area contributed by atoms with E-state index in [0.717, 1.165) is 23.5 Å².